The van der Waals surface area contributed by atoms with Crippen LogP contribution in [0.15, 0.2) is 34.3 Å². The Hall–Kier alpha value is -1.44. The van der Waals surface area contributed by atoms with Crippen LogP contribution in [0, 0.1) is 0 Å². The fraction of sp³-hybridized carbons (Fsp3) is 0.333. The van der Waals surface area contributed by atoms with Crippen LogP contribution in [0.4, 0.5) is 11.4 Å². The van der Waals surface area contributed by atoms with Crippen LogP contribution in [0.3, 0.4) is 0 Å². The minimum Gasteiger partial charge on any atom is -0.262 e. The normalized spacial score (nSPS) is 7.14. The van der Waals surface area contributed by atoms with E-state index in [0.29, 0.717) is 0 Å². The molecule has 0 unspecified atom stereocenters. The molecule has 0 fully saturated rings. The van der Waals surface area contributed by atoms with Gasteiger partial charge in [-0.15, -0.1) is 0 Å². The quantitative estimate of drug-likeness (QED) is 0.620. The maximum absolute atomic E-state index is 3.76. The van der Waals surface area contributed by atoms with Crippen molar-refractivity contribution < 1.29 is 0 Å². The van der Waals surface area contributed by atoms with E-state index in [4.69, 9.17) is 0 Å². The van der Waals surface area contributed by atoms with Crippen LogP contribution in [-0.4, -0.2) is 13.4 Å². The van der Waals surface area contributed by atoms with Gasteiger partial charge in [0.1, 0.15) is 0 Å². The zero-order chi connectivity index (χ0) is 11.4. The highest BCUT2D eigenvalue weighted by atomic mass is 14.8. The highest BCUT2D eigenvalue weighted by molar-refractivity contribution is 5.66. The van der Waals surface area contributed by atoms with Gasteiger partial charge in [-0.25, -0.2) is 0 Å². The van der Waals surface area contributed by atoms with E-state index in [0.717, 1.165) is 11.4 Å². The smallest absolute Gasteiger partial charge is 0.0878 e. The van der Waals surface area contributed by atoms with E-state index in [1.54, 1.807) is 0 Å². The van der Waals surface area contributed by atoms with Gasteiger partial charge in [0.05, 0.1) is 11.4 Å². The zero-order valence-corrected chi connectivity index (χ0v) is 9.62. The van der Waals surface area contributed by atoms with Crippen LogP contribution in [0.1, 0.15) is 27.7 Å². The number of aliphatic imine (C=N–C) groups is 2. The van der Waals surface area contributed by atoms with Gasteiger partial charge in [-0.1, -0.05) is 39.8 Å². The lowest BCUT2D eigenvalue weighted by atomic mass is 10.3. The van der Waals surface area contributed by atoms with Gasteiger partial charge in [-0.05, 0) is 25.6 Å². The number of hydrogen-bond donors (Lipinski definition) is 0. The lowest BCUT2D eigenvalue weighted by Crippen LogP contribution is -1.64. The van der Waals surface area contributed by atoms with Gasteiger partial charge < -0.3 is 0 Å². The standard InChI is InChI=1S/C8H8N2.2C2H6/c1-9-7-5-3-4-6-8(7)10-2;2*1-2/h3-6H,1-2H2;2*1-2H3. The van der Waals surface area contributed by atoms with E-state index >= 15 is 0 Å². The fourth-order valence-corrected chi connectivity index (χ4v) is 0.732. The Kier molecular flexibility index (Phi) is 12.4. The summed E-state index contributed by atoms with van der Waals surface area (Å²) in [5.74, 6) is 0. The van der Waals surface area contributed by atoms with Gasteiger partial charge >= 0.3 is 0 Å². The highest BCUT2D eigenvalue weighted by Gasteiger charge is 1.92. The molecule has 2 heteroatoms. The van der Waals surface area contributed by atoms with Gasteiger partial charge in [0.2, 0.25) is 0 Å². The molecule has 14 heavy (non-hydrogen) atoms. The molecule has 1 aromatic carbocycles. The molecule has 0 saturated heterocycles. The van der Waals surface area contributed by atoms with Gasteiger partial charge in [-0.3, -0.25) is 9.98 Å². The van der Waals surface area contributed by atoms with Crippen LogP contribution >= 0.6 is 0 Å². The van der Waals surface area contributed by atoms with Crippen molar-refractivity contribution in [1.82, 2.24) is 0 Å². The Balaban J connectivity index is 0. The third kappa shape index (κ3) is 5.25. The van der Waals surface area contributed by atoms with Crippen LogP contribution in [0.2, 0.25) is 0 Å². The van der Waals surface area contributed by atoms with Crippen molar-refractivity contribution in [1.29, 1.82) is 0 Å². The molecule has 0 N–H and O–H groups in total. The van der Waals surface area contributed by atoms with E-state index in [1.807, 2.05) is 52.0 Å². The minimum atomic E-state index is 0.775. The predicted molar refractivity (Wildman–Crippen MR) is 67.6 cm³/mol. The second-order valence-corrected chi connectivity index (χ2v) is 1.80. The summed E-state index contributed by atoms with van der Waals surface area (Å²) in [5.41, 5.74) is 1.55. The molecule has 0 aliphatic carbocycles. The van der Waals surface area contributed by atoms with Gasteiger partial charge in [-0.2, -0.15) is 0 Å². The molecule has 0 saturated carbocycles. The summed E-state index contributed by atoms with van der Waals surface area (Å²) in [7, 11) is 0. The zero-order valence-electron chi connectivity index (χ0n) is 9.62. The van der Waals surface area contributed by atoms with Crippen LogP contribution in [0.25, 0.3) is 0 Å². The third-order valence-corrected chi connectivity index (χ3v) is 1.22. The Morgan fingerprint density at radius 2 is 1.07 bits per heavy atom. The van der Waals surface area contributed by atoms with Gasteiger partial charge in [0.25, 0.3) is 0 Å². The van der Waals surface area contributed by atoms with Crippen molar-refractivity contribution in [3.05, 3.63) is 24.3 Å². The van der Waals surface area contributed by atoms with Crippen molar-refractivity contribution in [3.8, 4) is 0 Å². The molecule has 0 spiro atoms. The molecule has 0 radical (unpaired) electrons. The molecule has 78 valence electrons. The van der Waals surface area contributed by atoms with Crippen LogP contribution in [-0.2, 0) is 0 Å². The number of nitrogens with zero attached hydrogens (tertiary/aromatic N) is 2. The summed E-state index contributed by atoms with van der Waals surface area (Å²) in [4.78, 5) is 7.52. The molecule has 0 amide bonds. The second kappa shape index (κ2) is 11.6. The van der Waals surface area contributed by atoms with Crippen molar-refractivity contribution in [2.24, 2.45) is 9.98 Å². The van der Waals surface area contributed by atoms with Gasteiger partial charge in [0, 0.05) is 0 Å². The van der Waals surface area contributed by atoms with Crippen molar-refractivity contribution in [2.45, 2.75) is 27.7 Å². The first-order valence-corrected chi connectivity index (χ1v) is 4.91. The lowest BCUT2D eigenvalue weighted by molar-refractivity contribution is 1.48. The van der Waals surface area contributed by atoms with Crippen LogP contribution < -0.4 is 0 Å². The molecule has 0 aliphatic heterocycles. The SMILES string of the molecule is C=Nc1ccccc1N=C.CC.CC. The average molecular weight is 192 g/mol. The monoisotopic (exact) mass is 192 g/mol. The summed E-state index contributed by atoms with van der Waals surface area (Å²) < 4.78 is 0. The molecule has 0 heterocycles. The molecule has 2 nitrogen and oxygen atoms in total. The van der Waals surface area contributed by atoms with E-state index in [-0.39, 0.29) is 0 Å². The maximum atomic E-state index is 3.76. The van der Waals surface area contributed by atoms with E-state index in [9.17, 15) is 0 Å². The fourth-order valence-electron chi connectivity index (χ4n) is 0.732. The Morgan fingerprint density at radius 1 is 0.786 bits per heavy atom. The average Bonchev–Trinajstić information content (AvgIpc) is 2.34. The Morgan fingerprint density at radius 3 is 1.29 bits per heavy atom. The first-order valence-electron chi connectivity index (χ1n) is 4.91. The van der Waals surface area contributed by atoms with Crippen LogP contribution in [0.5, 0.6) is 0 Å². The molecule has 0 bridgehead atoms. The summed E-state index contributed by atoms with van der Waals surface area (Å²) >= 11 is 0. The molecule has 0 aromatic heterocycles. The maximum Gasteiger partial charge on any atom is 0.0878 e. The lowest BCUT2D eigenvalue weighted by Gasteiger charge is -1.95. The largest absolute Gasteiger partial charge is 0.262 e. The molecule has 1 aromatic rings. The first-order chi connectivity index (χ1) is 6.88. The molecule has 0 aliphatic rings. The van der Waals surface area contributed by atoms with Crippen molar-refractivity contribution in [3.63, 3.8) is 0 Å². The van der Waals surface area contributed by atoms with Crippen molar-refractivity contribution in [2.75, 3.05) is 0 Å². The van der Waals surface area contributed by atoms with Gasteiger partial charge in [0.15, 0.2) is 0 Å². The minimum absolute atomic E-state index is 0.775. The summed E-state index contributed by atoms with van der Waals surface area (Å²) in [6.07, 6.45) is 0. The van der Waals surface area contributed by atoms with Crippen molar-refractivity contribution >= 4 is 24.8 Å². The molecular formula is C12H20N2. The number of para-hydroxylation sites is 2. The number of hydrogen-bond acceptors (Lipinski definition) is 2. The molecule has 1 rings (SSSR count). The second-order valence-electron chi connectivity index (χ2n) is 1.80. The Labute approximate surface area is 87.4 Å². The topological polar surface area (TPSA) is 24.7 Å². The number of benzene rings is 1. The van der Waals surface area contributed by atoms with E-state index in [1.165, 1.54) is 0 Å². The first kappa shape index (κ1) is 15.1. The van der Waals surface area contributed by atoms with E-state index in [2.05, 4.69) is 23.4 Å². The highest BCUT2D eigenvalue weighted by Crippen LogP contribution is 2.25. The Bertz CT molecular complexity index is 227. The molecular weight excluding hydrogens is 172 g/mol. The summed E-state index contributed by atoms with van der Waals surface area (Å²) in [6, 6.07) is 7.46. The third-order valence-electron chi connectivity index (χ3n) is 1.22. The predicted octanol–water partition coefficient (Wildman–Crippen LogP) is 4.40. The summed E-state index contributed by atoms with van der Waals surface area (Å²) in [5, 5.41) is 0. The number of rotatable bonds is 2. The van der Waals surface area contributed by atoms with E-state index < -0.39 is 0 Å². The molecule has 0 atom stereocenters. The summed E-state index contributed by atoms with van der Waals surface area (Å²) in [6.45, 7) is 14.8.